The molecule has 2 aromatic rings. The maximum absolute atomic E-state index is 13.0. The average Bonchev–Trinajstić information content (AvgIpc) is 2.87. The van der Waals surface area contributed by atoms with Crippen LogP contribution in [0.15, 0.2) is 28.9 Å². The number of hydrogen-bond acceptors (Lipinski definition) is 3. The number of carbonyl (C=O) groups excluding carboxylic acids is 1. The van der Waals surface area contributed by atoms with Crippen LogP contribution in [-0.4, -0.2) is 10.9 Å². The molecule has 6 heteroatoms. The van der Waals surface area contributed by atoms with E-state index in [4.69, 9.17) is 0 Å². The van der Waals surface area contributed by atoms with Crippen LogP contribution < -0.4 is 5.32 Å². The fourth-order valence-corrected chi connectivity index (χ4v) is 3.09. The molecule has 0 aliphatic rings. The Balaban J connectivity index is 2.10. The van der Waals surface area contributed by atoms with E-state index in [1.165, 1.54) is 23.1 Å². The first-order chi connectivity index (χ1) is 9.51. The van der Waals surface area contributed by atoms with Crippen molar-refractivity contribution in [1.82, 2.24) is 10.3 Å². The summed E-state index contributed by atoms with van der Waals surface area (Å²) in [5.41, 5.74) is 0.408. The van der Waals surface area contributed by atoms with Crippen LogP contribution in [0.5, 0.6) is 0 Å². The predicted molar refractivity (Wildman–Crippen MR) is 81.5 cm³/mol. The molecule has 2 rings (SSSR count). The van der Waals surface area contributed by atoms with Gasteiger partial charge in [0.15, 0.2) is 0 Å². The van der Waals surface area contributed by atoms with E-state index in [9.17, 15) is 9.18 Å². The van der Waals surface area contributed by atoms with Crippen LogP contribution in [0.1, 0.15) is 40.1 Å². The molecule has 0 saturated heterocycles. The summed E-state index contributed by atoms with van der Waals surface area (Å²) in [6, 6.07) is 3.83. The summed E-state index contributed by atoms with van der Waals surface area (Å²) >= 11 is 4.78. The van der Waals surface area contributed by atoms with Gasteiger partial charge in [-0.1, -0.05) is 6.92 Å². The normalized spacial score (nSPS) is 12.2. The Kier molecular flexibility index (Phi) is 4.88. The smallest absolute Gasteiger partial charge is 0.252 e. The maximum Gasteiger partial charge on any atom is 0.252 e. The van der Waals surface area contributed by atoms with Crippen LogP contribution in [0.3, 0.4) is 0 Å². The number of carbonyl (C=O) groups is 1. The zero-order chi connectivity index (χ0) is 14.7. The highest BCUT2D eigenvalue weighted by Gasteiger charge is 2.16. The van der Waals surface area contributed by atoms with E-state index in [1.54, 1.807) is 11.3 Å². The molecule has 1 heterocycles. The lowest BCUT2D eigenvalue weighted by atomic mass is 10.2. The Labute approximate surface area is 129 Å². The quantitative estimate of drug-likeness (QED) is 0.895. The zero-order valence-electron chi connectivity index (χ0n) is 11.1. The van der Waals surface area contributed by atoms with Crippen molar-refractivity contribution in [2.24, 2.45) is 0 Å². The van der Waals surface area contributed by atoms with Crippen molar-refractivity contribution < 1.29 is 9.18 Å². The Morgan fingerprint density at radius 1 is 1.55 bits per heavy atom. The predicted octanol–water partition coefficient (Wildman–Crippen LogP) is 4.10. The van der Waals surface area contributed by atoms with Crippen molar-refractivity contribution in [2.45, 2.75) is 26.3 Å². The van der Waals surface area contributed by atoms with Crippen molar-refractivity contribution in [3.8, 4) is 0 Å². The Morgan fingerprint density at radius 3 is 2.90 bits per heavy atom. The molecule has 0 radical (unpaired) electrons. The fourth-order valence-electron chi connectivity index (χ4n) is 1.70. The lowest BCUT2D eigenvalue weighted by Crippen LogP contribution is -2.26. The molecule has 1 unspecified atom stereocenters. The molecule has 0 spiro atoms. The third kappa shape index (κ3) is 3.43. The van der Waals surface area contributed by atoms with Gasteiger partial charge in [-0.3, -0.25) is 4.79 Å². The molecular weight excluding hydrogens is 343 g/mol. The Morgan fingerprint density at radius 2 is 2.30 bits per heavy atom. The lowest BCUT2D eigenvalue weighted by Gasteiger charge is -2.12. The molecule has 1 amide bonds. The molecule has 3 nitrogen and oxygen atoms in total. The number of halogens is 2. The second-order valence-corrected chi connectivity index (χ2v) is 6.34. The third-order valence-corrected chi connectivity index (χ3v) is 4.79. The number of aryl methyl sites for hydroxylation is 1. The fraction of sp³-hybridized carbons (Fsp3) is 0.286. The van der Waals surface area contributed by atoms with Crippen LogP contribution in [0.25, 0.3) is 0 Å². The maximum atomic E-state index is 13.0. The summed E-state index contributed by atoms with van der Waals surface area (Å²) < 4.78 is 13.5. The Bertz CT molecular complexity index is 629. The minimum atomic E-state index is -0.381. The second-order valence-electron chi connectivity index (χ2n) is 4.34. The van der Waals surface area contributed by atoms with Crippen molar-refractivity contribution in [1.29, 1.82) is 0 Å². The van der Waals surface area contributed by atoms with Gasteiger partial charge in [-0.05, 0) is 47.5 Å². The van der Waals surface area contributed by atoms with Gasteiger partial charge in [0.1, 0.15) is 10.8 Å². The second kappa shape index (κ2) is 6.45. The van der Waals surface area contributed by atoms with Crippen LogP contribution in [-0.2, 0) is 6.42 Å². The van der Waals surface area contributed by atoms with Gasteiger partial charge in [0, 0.05) is 15.5 Å². The first-order valence-electron chi connectivity index (χ1n) is 6.21. The number of hydrogen-bond donors (Lipinski definition) is 1. The monoisotopic (exact) mass is 356 g/mol. The van der Waals surface area contributed by atoms with Crippen LogP contribution in [0.2, 0.25) is 0 Å². The molecule has 0 bridgehead atoms. The van der Waals surface area contributed by atoms with Gasteiger partial charge in [0.25, 0.3) is 5.91 Å². The minimum absolute atomic E-state index is 0.176. The van der Waals surface area contributed by atoms with Crippen LogP contribution >= 0.6 is 27.3 Å². The van der Waals surface area contributed by atoms with E-state index in [2.05, 4.69) is 33.2 Å². The van der Waals surface area contributed by atoms with Crippen molar-refractivity contribution in [3.63, 3.8) is 0 Å². The number of rotatable bonds is 4. The Hall–Kier alpha value is -1.27. The number of aromatic nitrogens is 1. The van der Waals surface area contributed by atoms with Crippen LogP contribution in [0, 0.1) is 5.82 Å². The molecule has 0 aliphatic heterocycles. The number of nitrogens with one attached hydrogen (secondary N) is 1. The molecule has 1 aromatic carbocycles. The standard InChI is InChI=1S/C14H14BrFN2OS/c1-3-10-7-17-14(20-10)8(2)18-13(19)11-5-4-9(16)6-12(11)15/h4-8H,3H2,1-2H3,(H,18,19). The molecule has 0 saturated carbocycles. The SMILES string of the molecule is CCc1cnc(C(C)NC(=O)c2ccc(F)cc2Br)s1. The summed E-state index contributed by atoms with van der Waals surface area (Å²) in [5.74, 6) is -0.633. The molecule has 1 atom stereocenters. The van der Waals surface area contributed by atoms with Gasteiger partial charge in [-0.25, -0.2) is 9.37 Å². The van der Waals surface area contributed by atoms with E-state index in [1.807, 2.05) is 13.1 Å². The lowest BCUT2D eigenvalue weighted by molar-refractivity contribution is 0.0939. The molecule has 20 heavy (non-hydrogen) atoms. The van der Waals surface area contributed by atoms with Gasteiger partial charge < -0.3 is 5.32 Å². The third-order valence-electron chi connectivity index (χ3n) is 2.81. The largest absolute Gasteiger partial charge is 0.343 e. The van der Waals surface area contributed by atoms with Gasteiger partial charge in [0.05, 0.1) is 11.6 Å². The van der Waals surface area contributed by atoms with Crippen LogP contribution in [0.4, 0.5) is 4.39 Å². The van der Waals surface area contributed by atoms with Crippen molar-refractivity contribution in [2.75, 3.05) is 0 Å². The summed E-state index contributed by atoms with van der Waals surface area (Å²) in [7, 11) is 0. The zero-order valence-corrected chi connectivity index (χ0v) is 13.5. The molecule has 0 aliphatic carbocycles. The number of thiazole rings is 1. The topological polar surface area (TPSA) is 42.0 Å². The molecule has 106 valence electrons. The molecular formula is C14H14BrFN2OS. The average molecular weight is 357 g/mol. The van der Waals surface area contributed by atoms with E-state index < -0.39 is 0 Å². The highest BCUT2D eigenvalue weighted by atomic mass is 79.9. The summed E-state index contributed by atoms with van der Waals surface area (Å²) in [4.78, 5) is 17.6. The summed E-state index contributed by atoms with van der Waals surface area (Å²) in [6.45, 7) is 3.95. The summed E-state index contributed by atoms with van der Waals surface area (Å²) in [5, 5.41) is 3.74. The number of nitrogens with zero attached hydrogens (tertiary/aromatic N) is 1. The first-order valence-corrected chi connectivity index (χ1v) is 7.82. The van der Waals surface area contributed by atoms with Gasteiger partial charge in [-0.15, -0.1) is 11.3 Å². The van der Waals surface area contributed by atoms with E-state index >= 15 is 0 Å². The van der Waals surface area contributed by atoms with E-state index in [-0.39, 0.29) is 17.8 Å². The van der Waals surface area contributed by atoms with E-state index in [0.717, 1.165) is 11.4 Å². The van der Waals surface area contributed by atoms with Crippen molar-refractivity contribution >= 4 is 33.2 Å². The summed E-state index contributed by atoms with van der Waals surface area (Å²) in [6.07, 6.45) is 2.76. The van der Waals surface area contributed by atoms with Gasteiger partial charge in [0.2, 0.25) is 0 Å². The first kappa shape index (κ1) is 15.1. The molecule has 1 N–H and O–H groups in total. The molecule has 0 fully saturated rings. The van der Waals surface area contributed by atoms with E-state index in [0.29, 0.717) is 10.0 Å². The van der Waals surface area contributed by atoms with Gasteiger partial charge in [-0.2, -0.15) is 0 Å². The minimum Gasteiger partial charge on any atom is -0.343 e. The van der Waals surface area contributed by atoms with Crippen molar-refractivity contribution in [3.05, 3.63) is 50.1 Å². The number of amides is 1. The molecule has 1 aromatic heterocycles. The highest BCUT2D eigenvalue weighted by Crippen LogP contribution is 2.22. The highest BCUT2D eigenvalue weighted by molar-refractivity contribution is 9.10. The number of benzene rings is 1. The van der Waals surface area contributed by atoms with Gasteiger partial charge >= 0.3 is 0 Å².